The van der Waals surface area contributed by atoms with Crippen molar-refractivity contribution in [2.45, 2.75) is 46.1 Å². The summed E-state index contributed by atoms with van der Waals surface area (Å²) in [5, 5.41) is 3.42. The lowest BCUT2D eigenvalue weighted by atomic mass is 9.77. The maximum Gasteiger partial charge on any atom is 0.240 e. The highest BCUT2D eigenvalue weighted by Crippen LogP contribution is 2.31. The summed E-state index contributed by atoms with van der Waals surface area (Å²) in [5.41, 5.74) is 0.0737. The van der Waals surface area contributed by atoms with Gasteiger partial charge in [-0.2, -0.15) is 0 Å². The van der Waals surface area contributed by atoms with E-state index in [9.17, 15) is 4.79 Å². The number of likely N-dealkylation sites (N-methyl/N-ethyl adjacent to an activating group) is 1. The molecule has 1 rings (SSSR count). The zero-order valence-corrected chi connectivity index (χ0v) is 13.3. The van der Waals surface area contributed by atoms with Crippen molar-refractivity contribution >= 4 is 5.91 Å². The molecule has 0 aliphatic carbocycles. The molecule has 19 heavy (non-hydrogen) atoms. The van der Waals surface area contributed by atoms with Crippen LogP contribution in [0.25, 0.3) is 0 Å². The molecule has 1 amide bonds. The van der Waals surface area contributed by atoms with Crippen molar-refractivity contribution in [3.8, 4) is 0 Å². The Bertz CT molecular complexity index is 289. The molecule has 1 unspecified atom stereocenters. The van der Waals surface area contributed by atoms with E-state index in [2.05, 4.69) is 45.1 Å². The van der Waals surface area contributed by atoms with Crippen LogP contribution in [0, 0.1) is 5.41 Å². The van der Waals surface area contributed by atoms with Crippen molar-refractivity contribution in [1.82, 2.24) is 15.1 Å². The number of piperidine rings is 1. The van der Waals surface area contributed by atoms with Crippen molar-refractivity contribution < 1.29 is 4.79 Å². The number of hydrogen-bond donors (Lipinski definition) is 1. The summed E-state index contributed by atoms with van der Waals surface area (Å²) in [5.74, 6) is 0.283. The first-order valence-electron chi connectivity index (χ1n) is 7.55. The van der Waals surface area contributed by atoms with Crippen molar-refractivity contribution in [3.63, 3.8) is 0 Å². The zero-order valence-electron chi connectivity index (χ0n) is 13.3. The predicted octanol–water partition coefficient (Wildman–Crippen LogP) is 1.56. The Balaban J connectivity index is 2.56. The Labute approximate surface area is 118 Å². The molecule has 0 aromatic rings. The van der Waals surface area contributed by atoms with Gasteiger partial charge in [-0.3, -0.25) is 4.79 Å². The van der Waals surface area contributed by atoms with E-state index in [1.807, 2.05) is 4.90 Å². The molecule has 4 nitrogen and oxygen atoms in total. The number of amides is 1. The lowest BCUT2D eigenvalue weighted by Crippen LogP contribution is -2.56. The van der Waals surface area contributed by atoms with Gasteiger partial charge in [0.15, 0.2) is 0 Å². The molecule has 1 fully saturated rings. The minimum absolute atomic E-state index is 0.0134. The van der Waals surface area contributed by atoms with Crippen LogP contribution in [0.1, 0.15) is 40.0 Å². The van der Waals surface area contributed by atoms with Gasteiger partial charge < -0.3 is 15.1 Å². The van der Waals surface area contributed by atoms with Crippen molar-refractivity contribution in [2.75, 3.05) is 40.3 Å². The number of nitrogens with zero attached hydrogens (tertiary/aromatic N) is 2. The molecule has 1 N–H and O–H groups in total. The molecular formula is C15H31N3O. The minimum Gasteiger partial charge on any atom is -0.342 e. The second-order valence-electron chi connectivity index (χ2n) is 6.55. The third-order valence-electron chi connectivity index (χ3n) is 4.10. The summed E-state index contributed by atoms with van der Waals surface area (Å²) in [6, 6.07) is -0.0134. The second-order valence-corrected chi connectivity index (χ2v) is 6.55. The van der Waals surface area contributed by atoms with E-state index in [4.69, 9.17) is 0 Å². The van der Waals surface area contributed by atoms with Crippen LogP contribution in [0.5, 0.6) is 0 Å². The largest absolute Gasteiger partial charge is 0.342 e. The third-order valence-corrected chi connectivity index (χ3v) is 4.10. The molecule has 1 saturated heterocycles. The number of carbonyl (C=O) groups is 1. The van der Waals surface area contributed by atoms with Crippen LogP contribution in [-0.4, -0.2) is 62.0 Å². The fourth-order valence-corrected chi connectivity index (χ4v) is 2.82. The maximum atomic E-state index is 12.7. The van der Waals surface area contributed by atoms with E-state index in [1.54, 1.807) is 0 Å². The molecule has 0 bridgehead atoms. The molecule has 4 heteroatoms. The Morgan fingerprint density at radius 2 is 2.00 bits per heavy atom. The normalized spacial score (nSPS) is 22.5. The minimum atomic E-state index is -0.0134. The number of rotatable bonds is 6. The van der Waals surface area contributed by atoms with Gasteiger partial charge in [-0.1, -0.05) is 13.8 Å². The van der Waals surface area contributed by atoms with E-state index >= 15 is 0 Å². The van der Waals surface area contributed by atoms with Crippen LogP contribution < -0.4 is 5.32 Å². The lowest BCUT2D eigenvalue weighted by molar-refractivity contribution is -0.137. The van der Waals surface area contributed by atoms with Crippen molar-refractivity contribution in [3.05, 3.63) is 0 Å². The topological polar surface area (TPSA) is 35.6 Å². The predicted molar refractivity (Wildman–Crippen MR) is 80.2 cm³/mol. The van der Waals surface area contributed by atoms with Crippen LogP contribution in [0.3, 0.4) is 0 Å². The molecule has 1 heterocycles. The van der Waals surface area contributed by atoms with Crippen molar-refractivity contribution in [2.24, 2.45) is 5.41 Å². The Kier molecular flexibility index (Phi) is 6.27. The smallest absolute Gasteiger partial charge is 0.240 e. The van der Waals surface area contributed by atoms with Crippen LogP contribution in [0.2, 0.25) is 0 Å². The number of hydrogen-bond acceptors (Lipinski definition) is 3. The van der Waals surface area contributed by atoms with Gasteiger partial charge in [0.2, 0.25) is 5.91 Å². The Morgan fingerprint density at radius 3 is 2.53 bits per heavy atom. The molecule has 0 spiro atoms. The van der Waals surface area contributed by atoms with E-state index < -0.39 is 0 Å². The highest BCUT2D eigenvalue weighted by atomic mass is 16.2. The number of carbonyl (C=O) groups excluding carboxylic acids is 1. The Morgan fingerprint density at radius 1 is 1.32 bits per heavy atom. The molecule has 1 aliphatic rings. The molecule has 0 radical (unpaired) electrons. The van der Waals surface area contributed by atoms with Crippen LogP contribution >= 0.6 is 0 Å². The molecule has 0 aromatic carbocycles. The quantitative estimate of drug-likeness (QED) is 0.795. The molecule has 1 aliphatic heterocycles. The lowest BCUT2D eigenvalue weighted by Gasteiger charge is -2.40. The highest BCUT2D eigenvalue weighted by molar-refractivity contribution is 5.82. The SMILES string of the molecule is CCN(CCCN(C)C)C(=O)C1NCCCC1(C)C. The van der Waals surface area contributed by atoms with Gasteiger partial charge in [0.25, 0.3) is 0 Å². The zero-order chi connectivity index (χ0) is 14.5. The highest BCUT2D eigenvalue weighted by Gasteiger charge is 2.38. The van der Waals surface area contributed by atoms with E-state index in [1.165, 1.54) is 6.42 Å². The van der Waals surface area contributed by atoms with E-state index in [0.29, 0.717) is 0 Å². The summed E-state index contributed by atoms with van der Waals surface area (Å²) in [6.45, 7) is 10.1. The average molecular weight is 269 g/mol. The van der Waals surface area contributed by atoms with Gasteiger partial charge in [0, 0.05) is 13.1 Å². The summed E-state index contributed by atoms with van der Waals surface area (Å²) in [4.78, 5) is 16.8. The molecule has 112 valence electrons. The number of nitrogens with one attached hydrogen (secondary N) is 1. The molecule has 0 saturated carbocycles. The van der Waals surface area contributed by atoms with Gasteiger partial charge >= 0.3 is 0 Å². The Hall–Kier alpha value is -0.610. The van der Waals surface area contributed by atoms with Crippen LogP contribution in [0.15, 0.2) is 0 Å². The summed E-state index contributed by atoms with van der Waals surface area (Å²) >= 11 is 0. The van der Waals surface area contributed by atoms with Gasteiger partial charge in [-0.25, -0.2) is 0 Å². The summed E-state index contributed by atoms with van der Waals surface area (Å²) in [7, 11) is 4.15. The van der Waals surface area contributed by atoms with Gasteiger partial charge in [0.05, 0.1) is 6.04 Å². The van der Waals surface area contributed by atoms with E-state index in [0.717, 1.165) is 39.0 Å². The van der Waals surface area contributed by atoms with E-state index in [-0.39, 0.29) is 17.4 Å². The summed E-state index contributed by atoms with van der Waals surface area (Å²) in [6.07, 6.45) is 3.34. The first-order valence-corrected chi connectivity index (χ1v) is 7.55. The first kappa shape index (κ1) is 16.4. The monoisotopic (exact) mass is 269 g/mol. The maximum absolute atomic E-state index is 12.7. The standard InChI is InChI=1S/C15H31N3O/c1-6-18(12-8-11-17(4)5)14(19)13-15(2,3)9-7-10-16-13/h13,16H,6-12H2,1-5H3. The van der Waals surface area contributed by atoms with Crippen molar-refractivity contribution in [1.29, 1.82) is 0 Å². The van der Waals surface area contributed by atoms with Gasteiger partial charge in [0.1, 0.15) is 0 Å². The average Bonchev–Trinajstić information content (AvgIpc) is 2.33. The molecule has 0 aromatic heterocycles. The molecule has 1 atom stereocenters. The molecular weight excluding hydrogens is 238 g/mol. The second kappa shape index (κ2) is 7.25. The van der Waals surface area contributed by atoms with Gasteiger partial charge in [-0.05, 0) is 58.8 Å². The van der Waals surface area contributed by atoms with Crippen LogP contribution in [0.4, 0.5) is 0 Å². The van der Waals surface area contributed by atoms with Crippen LogP contribution in [-0.2, 0) is 4.79 Å². The third kappa shape index (κ3) is 4.77. The fraction of sp³-hybridized carbons (Fsp3) is 0.933. The van der Waals surface area contributed by atoms with Gasteiger partial charge in [-0.15, -0.1) is 0 Å². The first-order chi connectivity index (χ1) is 8.88. The summed E-state index contributed by atoms with van der Waals surface area (Å²) < 4.78 is 0. The fourth-order valence-electron chi connectivity index (χ4n) is 2.82.